The van der Waals surface area contributed by atoms with Gasteiger partial charge < -0.3 is 14.8 Å². The zero-order chi connectivity index (χ0) is 10.9. The lowest BCUT2D eigenvalue weighted by Crippen LogP contribution is -2.34. The average molecular weight is 215 g/mol. The van der Waals surface area contributed by atoms with Crippen LogP contribution in [0.1, 0.15) is 32.1 Å². The molecule has 0 bridgehead atoms. The molecule has 1 heterocycles. The van der Waals surface area contributed by atoms with Gasteiger partial charge in [-0.3, -0.25) is 4.79 Å². The summed E-state index contributed by atoms with van der Waals surface area (Å²) in [4.78, 5) is 10.8. The van der Waals surface area contributed by atoms with Crippen LogP contribution in [0.5, 0.6) is 0 Å². The molecule has 0 radical (unpaired) electrons. The van der Waals surface area contributed by atoms with Crippen molar-refractivity contribution in [3.63, 3.8) is 0 Å². The fourth-order valence-corrected chi connectivity index (χ4v) is 1.76. The van der Waals surface area contributed by atoms with E-state index >= 15 is 0 Å². The minimum Gasteiger partial charge on any atom is -0.469 e. The number of methoxy groups -OCH3 is 1. The number of piperidine rings is 1. The average Bonchev–Trinajstić information content (AvgIpc) is 2.29. The molecule has 0 aromatic rings. The second-order valence-corrected chi connectivity index (χ2v) is 3.87. The molecule has 0 aromatic heterocycles. The van der Waals surface area contributed by atoms with E-state index in [1.165, 1.54) is 26.4 Å². The van der Waals surface area contributed by atoms with Gasteiger partial charge >= 0.3 is 5.97 Å². The Morgan fingerprint density at radius 3 is 2.93 bits per heavy atom. The molecule has 4 nitrogen and oxygen atoms in total. The van der Waals surface area contributed by atoms with E-state index in [0.29, 0.717) is 19.1 Å². The lowest BCUT2D eigenvalue weighted by molar-refractivity contribution is -0.141. The van der Waals surface area contributed by atoms with Gasteiger partial charge in [0.1, 0.15) is 0 Å². The van der Waals surface area contributed by atoms with Crippen LogP contribution in [0.15, 0.2) is 0 Å². The van der Waals surface area contributed by atoms with Crippen molar-refractivity contribution in [3.05, 3.63) is 0 Å². The topological polar surface area (TPSA) is 47.6 Å². The number of rotatable bonds is 6. The van der Waals surface area contributed by atoms with Crippen LogP contribution in [0.3, 0.4) is 0 Å². The van der Waals surface area contributed by atoms with E-state index in [9.17, 15) is 4.79 Å². The first-order valence-corrected chi connectivity index (χ1v) is 5.71. The summed E-state index contributed by atoms with van der Waals surface area (Å²) in [6.45, 7) is 2.33. The summed E-state index contributed by atoms with van der Waals surface area (Å²) in [6, 6.07) is 0.608. The van der Waals surface area contributed by atoms with Crippen molar-refractivity contribution < 1.29 is 14.3 Å². The number of carbonyl (C=O) groups excluding carboxylic acids is 1. The standard InChI is InChI=1S/C11H21NO3/c1-14-11(13)6-9-15-8-5-10-4-2-3-7-12-10/h10,12H,2-9H2,1H3. The molecule has 15 heavy (non-hydrogen) atoms. The van der Waals surface area contributed by atoms with Crippen molar-refractivity contribution in [2.75, 3.05) is 26.9 Å². The molecule has 0 saturated carbocycles. The molecule has 4 heteroatoms. The van der Waals surface area contributed by atoms with Crippen molar-refractivity contribution in [1.82, 2.24) is 5.32 Å². The summed E-state index contributed by atoms with van der Waals surface area (Å²) in [6.07, 6.45) is 5.26. The first-order valence-electron chi connectivity index (χ1n) is 5.71. The Kier molecular flexibility index (Phi) is 6.36. The Labute approximate surface area is 91.3 Å². The highest BCUT2D eigenvalue weighted by molar-refractivity contribution is 5.69. The van der Waals surface area contributed by atoms with Gasteiger partial charge in [-0.1, -0.05) is 6.42 Å². The van der Waals surface area contributed by atoms with Crippen molar-refractivity contribution in [3.8, 4) is 0 Å². The van der Waals surface area contributed by atoms with Gasteiger partial charge in [-0.15, -0.1) is 0 Å². The fourth-order valence-electron chi connectivity index (χ4n) is 1.76. The van der Waals surface area contributed by atoms with E-state index in [-0.39, 0.29) is 5.97 Å². The molecule has 0 amide bonds. The molecule has 0 aromatic carbocycles. The molecular formula is C11H21NO3. The number of nitrogens with one attached hydrogen (secondary N) is 1. The molecule has 1 aliphatic rings. The van der Waals surface area contributed by atoms with Gasteiger partial charge in [-0.25, -0.2) is 0 Å². The maximum absolute atomic E-state index is 10.8. The lowest BCUT2D eigenvalue weighted by Gasteiger charge is -2.23. The van der Waals surface area contributed by atoms with Gasteiger partial charge in [-0.2, -0.15) is 0 Å². The molecule has 1 unspecified atom stereocenters. The summed E-state index contributed by atoms with van der Waals surface area (Å²) in [7, 11) is 1.40. The van der Waals surface area contributed by atoms with Gasteiger partial charge in [0, 0.05) is 12.6 Å². The highest BCUT2D eigenvalue weighted by Gasteiger charge is 2.11. The van der Waals surface area contributed by atoms with Crippen LogP contribution in [0.4, 0.5) is 0 Å². The quantitative estimate of drug-likeness (QED) is 0.532. The van der Waals surface area contributed by atoms with Crippen LogP contribution in [-0.4, -0.2) is 38.9 Å². The second-order valence-electron chi connectivity index (χ2n) is 3.87. The molecule has 1 aliphatic heterocycles. The minimum atomic E-state index is -0.203. The summed E-state index contributed by atoms with van der Waals surface area (Å²) in [5.41, 5.74) is 0. The first kappa shape index (κ1) is 12.5. The van der Waals surface area contributed by atoms with Gasteiger partial charge in [0.15, 0.2) is 0 Å². The maximum Gasteiger partial charge on any atom is 0.307 e. The smallest absolute Gasteiger partial charge is 0.307 e. The molecule has 0 spiro atoms. The van der Waals surface area contributed by atoms with Crippen LogP contribution in [0.25, 0.3) is 0 Å². The third kappa shape index (κ3) is 5.74. The normalized spacial score (nSPS) is 21.3. The van der Waals surface area contributed by atoms with E-state index < -0.39 is 0 Å². The van der Waals surface area contributed by atoms with Gasteiger partial charge in [0.2, 0.25) is 0 Å². The molecule has 88 valence electrons. The summed E-state index contributed by atoms with van der Waals surface area (Å²) in [5, 5.41) is 3.46. The molecule has 1 N–H and O–H groups in total. The zero-order valence-corrected chi connectivity index (χ0v) is 9.46. The minimum absolute atomic E-state index is 0.203. The summed E-state index contributed by atoms with van der Waals surface area (Å²) >= 11 is 0. The Morgan fingerprint density at radius 2 is 2.27 bits per heavy atom. The number of ether oxygens (including phenoxy) is 2. The van der Waals surface area contributed by atoms with E-state index in [4.69, 9.17) is 4.74 Å². The van der Waals surface area contributed by atoms with Crippen LogP contribution < -0.4 is 5.32 Å². The van der Waals surface area contributed by atoms with E-state index in [1.807, 2.05) is 0 Å². The number of hydrogen-bond donors (Lipinski definition) is 1. The SMILES string of the molecule is COC(=O)CCOCCC1CCCCN1. The van der Waals surface area contributed by atoms with Crippen molar-refractivity contribution in [2.45, 2.75) is 38.1 Å². The highest BCUT2D eigenvalue weighted by atomic mass is 16.5. The molecule has 1 atom stereocenters. The highest BCUT2D eigenvalue weighted by Crippen LogP contribution is 2.09. The number of carbonyl (C=O) groups is 1. The van der Waals surface area contributed by atoms with E-state index in [0.717, 1.165) is 19.6 Å². The summed E-state index contributed by atoms with van der Waals surface area (Å²) in [5.74, 6) is -0.203. The van der Waals surface area contributed by atoms with Crippen molar-refractivity contribution in [2.24, 2.45) is 0 Å². The van der Waals surface area contributed by atoms with Crippen LogP contribution in [-0.2, 0) is 14.3 Å². The predicted octanol–water partition coefficient (Wildman–Crippen LogP) is 1.10. The lowest BCUT2D eigenvalue weighted by atomic mass is 10.0. The zero-order valence-electron chi connectivity index (χ0n) is 9.46. The molecule has 1 rings (SSSR count). The summed E-state index contributed by atoms with van der Waals surface area (Å²) < 4.78 is 9.88. The number of hydrogen-bond acceptors (Lipinski definition) is 4. The van der Waals surface area contributed by atoms with Crippen LogP contribution in [0.2, 0.25) is 0 Å². The maximum atomic E-state index is 10.8. The third-order valence-corrected chi connectivity index (χ3v) is 2.70. The van der Waals surface area contributed by atoms with Crippen molar-refractivity contribution in [1.29, 1.82) is 0 Å². The predicted molar refractivity (Wildman–Crippen MR) is 57.7 cm³/mol. The Balaban J connectivity index is 1.89. The number of esters is 1. The van der Waals surface area contributed by atoms with E-state index in [1.54, 1.807) is 0 Å². The Bertz CT molecular complexity index is 179. The van der Waals surface area contributed by atoms with Crippen LogP contribution in [0, 0.1) is 0 Å². The van der Waals surface area contributed by atoms with Gasteiger partial charge in [0.05, 0.1) is 20.1 Å². The Morgan fingerprint density at radius 1 is 1.40 bits per heavy atom. The van der Waals surface area contributed by atoms with Gasteiger partial charge in [-0.05, 0) is 25.8 Å². The molecule has 1 fully saturated rings. The third-order valence-electron chi connectivity index (χ3n) is 2.70. The first-order chi connectivity index (χ1) is 7.33. The molecule has 1 saturated heterocycles. The molecule has 0 aliphatic carbocycles. The van der Waals surface area contributed by atoms with E-state index in [2.05, 4.69) is 10.1 Å². The fraction of sp³-hybridized carbons (Fsp3) is 0.909. The second kappa shape index (κ2) is 7.65. The van der Waals surface area contributed by atoms with Gasteiger partial charge in [0.25, 0.3) is 0 Å². The molecular weight excluding hydrogens is 194 g/mol. The van der Waals surface area contributed by atoms with Crippen molar-refractivity contribution >= 4 is 5.97 Å². The monoisotopic (exact) mass is 215 g/mol. The van der Waals surface area contributed by atoms with Crippen LogP contribution >= 0.6 is 0 Å². The Hall–Kier alpha value is -0.610. The largest absolute Gasteiger partial charge is 0.469 e.